The van der Waals surface area contributed by atoms with Crippen LogP contribution in [0.1, 0.15) is 141 Å². The van der Waals surface area contributed by atoms with Crippen molar-refractivity contribution in [1.29, 1.82) is 0 Å². The molecule has 0 aliphatic rings. The van der Waals surface area contributed by atoms with Crippen molar-refractivity contribution < 1.29 is 39.7 Å². The zero-order valence-electron chi connectivity index (χ0n) is 24.8. The predicted octanol–water partition coefficient (Wildman–Crippen LogP) is 6.32. The first-order valence-electron chi connectivity index (χ1n) is 15.5. The number of hydrogen-bond donors (Lipinski definition) is 4. The maximum Gasteiger partial charge on any atom is 0.491 e. The number of ketones is 1. The summed E-state index contributed by atoms with van der Waals surface area (Å²) in [6.07, 6.45) is 18.1. The van der Waals surface area contributed by atoms with E-state index in [1.54, 1.807) is 6.92 Å². The number of aliphatic carboxylic acids is 1. The molecule has 0 radical (unpaired) electrons. The normalized spacial score (nSPS) is 11.8. The van der Waals surface area contributed by atoms with Gasteiger partial charge in [-0.2, -0.15) is 0 Å². The molecule has 0 heterocycles. The molecule has 0 fully saturated rings. The standard InChI is InChI=1S/C31H50BF2NO6.H2/c1-24(31(38)39)18-16-17-23-35-28(37)20-15-13-11-9-7-5-3-2-4-6-8-10-12-14-19-27(36)25-21-22-26(32(40)41)30(34)29(25)33;/h21-22,24,40-41H,2-20,23H2,1H3,(H,35,37)(H,38,39);1H/t24-;/m0./s1. The summed E-state index contributed by atoms with van der Waals surface area (Å²) in [7, 11) is -2.12. The fourth-order valence-corrected chi connectivity index (χ4v) is 4.82. The van der Waals surface area contributed by atoms with Gasteiger partial charge in [-0.1, -0.05) is 96.5 Å². The highest BCUT2D eigenvalue weighted by Gasteiger charge is 2.23. The summed E-state index contributed by atoms with van der Waals surface area (Å²) in [5.41, 5.74) is -0.924. The van der Waals surface area contributed by atoms with Crippen molar-refractivity contribution in [1.82, 2.24) is 5.32 Å². The molecule has 1 aromatic rings. The van der Waals surface area contributed by atoms with Crippen LogP contribution in [0.5, 0.6) is 0 Å². The van der Waals surface area contributed by atoms with Crippen LogP contribution in [0.2, 0.25) is 0 Å². The number of amides is 1. The Bertz CT molecular complexity index is 922. The van der Waals surface area contributed by atoms with Crippen LogP contribution in [0.3, 0.4) is 0 Å². The Morgan fingerprint density at radius 3 is 1.73 bits per heavy atom. The van der Waals surface area contributed by atoms with Crippen LogP contribution in [0, 0.1) is 17.6 Å². The number of carboxylic acids is 1. The molecular formula is C31H52BF2NO6. The van der Waals surface area contributed by atoms with E-state index in [0.29, 0.717) is 25.8 Å². The number of halogens is 2. The number of Topliss-reactive ketones (excluding diaryl/α,β-unsaturated/α-hetero) is 1. The van der Waals surface area contributed by atoms with Gasteiger partial charge >= 0.3 is 13.1 Å². The molecule has 10 heteroatoms. The Hall–Kier alpha value is -2.33. The van der Waals surface area contributed by atoms with Crippen LogP contribution in [0.25, 0.3) is 0 Å². The molecule has 0 spiro atoms. The van der Waals surface area contributed by atoms with Gasteiger partial charge < -0.3 is 20.5 Å². The molecule has 7 nitrogen and oxygen atoms in total. The predicted molar refractivity (Wildman–Crippen MR) is 160 cm³/mol. The smallest absolute Gasteiger partial charge is 0.481 e. The molecule has 4 N–H and O–H groups in total. The number of carbonyl (C=O) groups is 3. The molecule has 0 unspecified atom stereocenters. The molecule has 1 atom stereocenters. The lowest BCUT2D eigenvalue weighted by molar-refractivity contribution is -0.141. The Labute approximate surface area is 246 Å². The number of nitrogens with one attached hydrogen (secondary N) is 1. The highest BCUT2D eigenvalue weighted by molar-refractivity contribution is 6.58. The third-order valence-corrected chi connectivity index (χ3v) is 7.56. The van der Waals surface area contributed by atoms with Crippen molar-refractivity contribution in [2.24, 2.45) is 5.92 Å². The van der Waals surface area contributed by atoms with Crippen molar-refractivity contribution in [3.63, 3.8) is 0 Å². The summed E-state index contributed by atoms with van der Waals surface area (Å²) in [5.74, 6) is -4.19. The van der Waals surface area contributed by atoms with Crippen molar-refractivity contribution in [2.45, 2.75) is 129 Å². The van der Waals surface area contributed by atoms with E-state index in [0.717, 1.165) is 69.9 Å². The van der Waals surface area contributed by atoms with Gasteiger partial charge in [0.15, 0.2) is 17.4 Å². The molecule has 1 rings (SSSR count). The van der Waals surface area contributed by atoms with Crippen LogP contribution in [0.4, 0.5) is 8.78 Å². The Morgan fingerprint density at radius 2 is 1.24 bits per heavy atom. The van der Waals surface area contributed by atoms with E-state index in [1.165, 1.54) is 38.5 Å². The first-order valence-corrected chi connectivity index (χ1v) is 15.5. The quantitative estimate of drug-likeness (QED) is 0.0607. The number of rotatable bonds is 25. The van der Waals surface area contributed by atoms with Gasteiger partial charge in [0.25, 0.3) is 0 Å². The van der Waals surface area contributed by atoms with Gasteiger partial charge in [-0.15, -0.1) is 0 Å². The van der Waals surface area contributed by atoms with Crippen LogP contribution in [0.15, 0.2) is 12.1 Å². The van der Waals surface area contributed by atoms with E-state index >= 15 is 0 Å². The molecule has 0 saturated heterocycles. The zero-order chi connectivity index (χ0) is 30.5. The SMILES string of the molecule is C[C@@H](CCCCNC(=O)CCCCCCCCCCCCCCCCC(=O)c1ccc(B(O)O)c(F)c1F)C(=O)O.[HH]. The molecule has 1 aromatic carbocycles. The van der Waals surface area contributed by atoms with Gasteiger partial charge in [-0.3, -0.25) is 14.4 Å². The minimum atomic E-state index is -2.12. The average molecular weight is 584 g/mol. The second kappa shape index (κ2) is 22.3. The summed E-state index contributed by atoms with van der Waals surface area (Å²) in [6.45, 7) is 2.33. The summed E-state index contributed by atoms with van der Waals surface area (Å²) in [5, 5.41) is 29.8. The lowest BCUT2D eigenvalue weighted by atomic mass is 9.79. The molecule has 0 aromatic heterocycles. The molecule has 234 valence electrons. The maximum atomic E-state index is 14.0. The topological polar surface area (TPSA) is 124 Å². The van der Waals surface area contributed by atoms with Gasteiger partial charge in [0.1, 0.15) is 0 Å². The zero-order valence-corrected chi connectivity index (χ0v) is 24.8. The molecular weight excluding hydrogens is 531 g/mol. The molecule has 1 amide bonds. The second-order valence-corrected chi connectivity index (χ2v) is 11.2. The van der Waals surface area contributed by atoms with Gasteiger partial charge in [0.2, 0.25) is 5.91 Å². The van der Waals surface area contributed by atoms with Crippen molar-refractivity contribution in [2.75, 3.05) is 6.54 Å². The number of benzene rings is 1. The lowest BCUT2D eigenvalue weighted by Crippen LogP contribution is -2.34. The van der Waals surface area contributed by atoms with E-state index in [1.807, 2.05) is 0 Å². The molecule has 0 saturated carbocycles. The maximum absolute atomic E-state index is 14.0. The van der Waals surface area contributed by atoms with Crippen molar-refractivity contribution >= 4 is 30.2 Å². The first-order chi connectivity index (χ1) is 19.6. The summed E-state index contributed by atoms with van der Waals surface area (Å²) in [6, 6.07) is 2.14. The number of carboxylic acid groups (broad SMARTS) is 1. The Balaban J connectivity index is 0.0000168. The first kappa shape index (κ1) is 36.7. The number of unbranched alkanes of at least 4 members (excludes halogenated alkanes) is 14. The highest BCUT2D eigenvalue weighted by Crippen LogP contribution is 2.17. The van der Waals surface area contributed by atoms with E-state index < -0.39 is 36.0 Å². The van der Waals surface area contributed by atoms with Gasteiger partial charge in [-0.05, 0) is 31.7 Å². The van der Waals surface area contributed by atoms with E-state index in [-0.39, 0.29) is 25.2 Å². The van der Waals surface area contributed by atoms with Crippen LogP contribution in [-0.4, -0.2) is 46.5 Å². The van der Waals surface area contributed by atoms with E-state index in [2.05, 4.69) is 5.32 Å². The van der Waals surface area contributed by atoms with Gasteiger partial charge in [0, 0.05) is 26.3 Å². The van der Waals surface area contributed by atoms with Crippen molar-refractivity contribution in [3.05, 3.63) is 29.3 Å². The number of hydrogen-bond acceptors (Lipinski definition) is 5. The van der Waals surface area contributed by atoms with E-state index in [4.69, 9.17) is 15.2 Å². The minimum Gasteiger partial charge on any atom is -0.481 e. The van der Waals surface area contributed by atoms with Crippen LogP contribution >= 0.6 is 0 Å². The van der Waals surface area contributed by atoms with Crippen molar-refractivity contribution in [3.8, 4) is 0 Å². The minimum absolute atomic E-state index is 0. The van der Waals surface area contributed by atoms with E-state index in [9.17, 15) is 23.2 Å². The summed E-state index contributed by atoms with van der Waals surface area (Å²) < 4.78 is 27.9. The highest BCUT2D eigenvalue weighted by atomic mass is 19.2. The fraction of sp³-hybridized carbons (Fsp3) is 0.710. The number of carbonyl (C=O) groups excluding carboxylic acids is 2. The molecule has 0 bridgehead atoms. The molecule has 0 aliphatic heterocycles. The average Bonchev–Trinajstić information content (AvgIpc) is 2.93. The Morgan fingerprint density at radius 1 is 0.756 bits per heavy atom. The van der Waals surface area contributed by atoms with Crippen LogP contribution in [-0.2, 0) is 9.59 Å². The molecule has 0 aliphatic carbocycles. The lowest BCUT2D eigenvalue weighted by Gasteiger charge is -2.07. The van der Waals surface area contributed by atoms with Gasteiger partial charge in [-0.25, -0.2) is 8.78 Å². The van der Waals surface area contributed by atoms with Crippen LogP contribution < -0.4 is 10.8 Å². The summed E-state index contributed by atoms with van der Waals surface area (Å²) in [4.78, 5) is 34.8. The monoisotopic (exact) mass is 583 g/mol. The van der Waals surface area contributed by atoms with Gasteiger partial charge in [0.05, 0.1) is 11.5 Å². The largest absolute Gasteiger partial charge is 0.491 e. The third-order valence-electron chi connectivity index (χ3n) is 7.56. The molecule has 41 heavy (non-hydrogen) atoms. The third kappa shape index (κ3) is 16.6. The Kier molecular flexibility index (Phi) is 20.0. The fourth-order valence-electron chi connectivity index (χ4n) is 4.82. The summed E-state index contributed by atoms with van der Waals surface area (Å²) >= 11 is 0. The second-order valence-electron chi connectivity index (χ2n) is 11.2.